The number of likely N-dealkylation sites (tertiary alicyclic amines) is 1. The minimum atomic E-state index is 0.543. The SMILES string of the molecule is Cn1cnnc1C1CCN(Cc2cc3n(n2)CCCNC3)CC1. The van der Waals surface area contributed by atoms with Crippen molar-refractivity contribution in [3.8, 4) is 0 Å². The van der Waals surface area contributed by atoms with E-state index in [9.17, 15) is 0 Å². The normalized spacial score (nSPS) is 20.4. The second-order valence-corrected chi connectivity index (χ2v) is 6.73. The van der Waals surface area contributed by atoms with E-state index in [0.717, 1.165) is 64.4 Å². The summed E-state index contributed by atoms with van der Waals surface area (Å²) in [5.41, 5.74) is 2.53. The maximum absolute atomic E-state index is 4.80. The molecule has 0 spiro atoms. The van der Waals surface area contributed by atoms with Crippen molar-refractivity contribution in [2.24, 2.45) is 7.05 Å². The molecule has 0 unspecified atom stereocenters. The van der Waals surface area contributed by atoms with Crippen molar-refractivity contribution in [3.05, 3.63) is 29.6 Å². The Labute approximate surface area is 136 Å². The molecule has 7 heteroatoms. The van der Waals surface area contributed by atoms with Gasteiger partial charge >= 0.3 is 0 Å². The van der Waals surface area contributed by atoms with Crippen LogP contribution in [0.25, 0.3) is 0 Å². The third-order valence-electron chi connectivity index (χ3n) is 5.03. The summed E-state index contributed by atoms with van der Waals surface area (Å²) in [6.07, 6.45) is 5.27. The summed E-state index contributed by atoms with van der Waals surface area (Å²) in [6, 6.07) is 2.27. The molecule has 0 radical (unpaired) electrons. The lowest BCUT2D eigenvalue weighted by Crippen LogP contribution is -2.33. The second kappa shape index (κ2) is 6.41. The largest absolute Gasteiger partial charge is 0.320 e. The second-order valence-electron chi connectivity index (χ2n) is 6.73. The van der Waals surface area contributed by atoms with Crippen LogP contribution in [-0.2, 0) is 26.7 Å². The number of nitrogens with one attached hydrogen (secondary N) is 1. The first-order chi connectivity index (χ1) is 11.3. The van der Waals surface area contributed by atoms with Crippen LogP contribution in [0.5, 0.6) is 0 Å². The van der Waals surface area contributed by atoms with Gasteiger partial charge in [0.15, 0.2) is 0 Å². The van der Waals surface area contributed by atoms with Gasteiger partial charge in [-0.15, -0.1) is 10.2 Å². The molecule has 0 aliphatic carbocycles. The minimum Gasteiger partial charge on any atom is -0.320 e. The molecule has 1 saturated heterocycles. The monoisotopic (exact) mass is 315 g/mol. The highest BCUT2D eigenvalue weighted by molar-refractivity contribution is 5.11. The van der Waals surface area contributed by atoms with E-state index in [-0.39, 0.29) is 0 Å². The summed E-state index contributed by atoms with van der Waals surface area (Å²) in [5, 5.41) is 16.5. The lowest BCUT2D eigenvalue weighted by atomic mass is 9.96. The van der Waals surface area contributed by atoms with Gasteiger partial charge in [-0.2, -0.15) is 5.10 Å². The van der Waals surface area contributed by atoms with Crippen LogP contribution in [0, 0.1) is 0 Å². The first-order valence-corrected chi connectivity index (χ1v) is 8.62. The minimum absolute atomic E-state index is 0.543. The van der Waals surface area contributed by atoms with Crippen LogP contribution in [0.3, 0.4) is 0 Å². The Balaban J connectivity index is 1.35. The predicted octanol–water partition coefficient (Wildman–Crippen LogP) is 0.884. The zero-order valence-electron chi connectivity index (χ0n) is 13.8. The highest BCUT2D eigenvalue weighted by Gasteiger charge is 2.24. The molecule has 2 aromatic rings. The van der Waals surface area contributed by atoms with Crippen molar-refractivity contribution in [2.45, 2.75) is 44.8 Å². The lowest BCUT2D eigenvalue weighted by molar-refractivity contribution is 0.198. The van der Waals surface area contributed by atoms with Gasteiger partial charge in [0.05, 0.1) is 11.4 Å². The fourth-order valence-corrected chi connectivity index (χ4v) is 3.74. The van der Waals surface area contributed by atoms with Gasteiger partial charge in [0.25, 0.3) is 0 Å². The van der Waals surface area contributed by atoms with Crippen LogP contribution in [0.4, 0.5) is 0 Å². The van der Waals surface area contributed by atoms with E-state index in [1.54, 1.807) is 6.33 Å². The molecule has 1 fully saturated rings. The van der Waals surface area contributed by atoms with Crippen LogP contribution < -0.4 is 5.32 Å². The summed E-state index contributed by atoms with van der Waals surface area (Å²) < 4.78 is 4.24. The van der Waals surface area contributed by atoms with Gasteiger partial charge in [-0.3, -0.25) is 9.58 Å². The maximum atomic E-state index is 4.80. The lowest BCUT2D eigenvalue weighted by Gasteiger charge is -2.30. The van der Waals surface area contributed by atoms with E-state index in [2.05, 4.69) is 35.7 Å². The average molecular weight is 315 g/mol. The van der Waals surface area contributed by atoms with E-state index in [0.29, 0.717) is 5.92 Å². The van der Waals surface area contributed by atoms with Crippen molar-refractivity contribution in [3.63, 3.8) is 0 Å². The molecular formula is C16H25N7. The van der Waals surface area contributed by atoms with Crippen molar-refractivity contribution in [1.29, 1.82) is 0 Å². The molecule has 2 aromatic heterocycles. The van der Waals surface area contributed by atoms with Gasteiger partial charge in [-0.05, 0) is 45.0 Å². The summed E-state index contributed by atoms with van der Waals surface area (Å²) in [5.74, 6) is 1.67. The molecule has 2 aliphatic heterocycles. The van der Waals surface area contributed by atoms with Crippen LogP contribution in [0.1, 0.15) is 42.4 Å². The van der Waals surface area contributed by atoms with Crippen molar-refractivity contribution >= 4 is 0 Å². The van der Waals surface area contributed by atoms with E-state index >= 15 is 0 Å². The number of nitrogens with zero attached hydrogens (tertiary/aromatic N) is 6. The van der Waals surface area contributed by atoms with Gasteiger partial charge in [-0.1, -0.05) is 0 Å². The molecular weight excluding hydrogens is 290 g/mol. The number of hydrogen-bond donors (Lipinski definition) is 1. The molecule has 4 rings (SSSR count). The Morgan fingerprint density at radius 2 is 2.13 bits per heavy atom. The van der Waals surface area contributed by atoms with Gasteiger partial charge in [0.1, 0.15) is 12.2 Å². The number of aromatic nitrogens is 5. The van der Waals surface area contributed by atoms with E-state index in [4.69, 9.17) is 5.10 Å². The number of piperidine rings is 1. The maximum Gasteiger partial charge on any atom is 0.135 e. The van der Waals surface area contributed by atoms with Gasteiger partial charge in [0, 0.05) is 32.6 Å². The highest BCUT2D eigenvalue weighted by atomic mass is 15.3. The summed E-state index contributed by atoms with van der Waals surface area (Å²) in [6.45, 7) is 6.26. The van der Waals surface area contributed by atoms with Crippen LogP contribution >= 0.6 is 0 Å². The zero-order chi connectivity index (χ0) is 15.6. The average Bonchev–Trinajstić information content (AvgIpc) is 3.08. The summed E-state index contributed by atoms with van der Waals surface area (Å²) >= 11 is 0. The number of aryl methyl sites for hydroxylation is 2. The van der Waals surface area contributed by atoms with Crippen molar-refractivity contribution < 1.29 is 0 Å². The number of hydrogen-bond acceptors (Lipinski definition) is 5. The fraction of sp³-hybridized carbons (Fsp3) is 0.688. The van der Waals surface area contributed by atoms with Gasteiger partial charge < -0.3 is 9.88 Å². The molecule has 1 N–H and O–H groups in total. The molecule has 124 valence electrons. The molecule has 4 heterocycles. The van der Waals surface area contributed by atoms with Crippen LogP contribution in [-0.4, -0.2) is 49.1 Å². The number of rotatable bonds is 3. The summed E-state index contributed by atoms with van der Waals surface area (Å²) in [7, 11) is 2.04. The smallest absolute Gasteiger partial charge is 0.135 e. The predicted molar refractivity (Wildman–Crippen MR) is 86.8 cm³/mol. The topological polar surface area (TPSA) is 63.8 Å². The molecule has 23 heavy (non-hydrogen) atoms. The molecule has 7 nitrogen and oxygen atoms in total. The van der Waals surface area contributed by atoms with Crippen molar-refractivity contribution in [1.82, 2.24) is 34.8 Å². The molecule has 0 atom stereocenters. The molecule has 0 bridgehead atoms. The first-order valence-electron chi connectivity index (χ1n) is 8.62. The highest BCUT2D eigenvalue weighted by Crippen LogP contribution is 2.26. The third-order valence-corrected chi connectivity index (χ3v) is 5.03. The van der Waals surface area contributed by atoms with E-state index < -0.39 is 0 Å². The van der Waals surface area contributed by atoms with Gasteiger partial charge in [-0.25, -0.2) is 0 Å². The van der Waals surface area contributed by atoms with Crippen molar-refractivity contribution in [2.75, 3.05) is 19.6 Å². The Morgan fingerprint density at radius 1 is 1.26 bits per heavy atom. The quantitative estimate of drug-likeness (QED) is 0.911. The third kappa shape index (κ3) is 3.16. The number of fused-ring (bicyclic) bond motifs is 1. The summed E-state index contributed by atoms with van der Waals surface area (Å²) in [4.78, 5) is 2.52. The Bertz CT molecular complexity index is 628. The molecule has 2 aliphatic rings. The Kier molecular flexibility index (Phi) is 4.13. The molecule has 0 saturated carbocycles. The Hall–Kier alpha value is -1.73. The van der Waals surface area contributed by atoms with Gasteiger partial charge in [0.2, 0.25) is 0 Å². The Morgan fingerprint density at radius 3 is 2.91 bits per heavy atom. The van der Waals surface area contributed by atoms with Crippen LogP contribution in [0.15, 0.2) is 12.4 Å². The first kappa shape index (κ1) is 14.8. The molecule has 0 amide bonds. The van der Waals surface area contributed by atoms with E-state index in [1.807, 2.05) is 7.05 Å². The zero-order valence-corrected chi connectivity index (χ0v) is 13.8. The fourth-order valence-electron chi connectivity index (χ4n) is 3.74. The van der Waals surface area contributed by atoms with E-state index in [1.165, 1.54) is 11.4 Å². The van der Waals surface area contributed by atoms with Crippen LogP contribution in [0.2, 0.25) is 0 Å². The standard InChI is InChI=1S/C16H25N7/c1-21-12-18-19-16(21)13-3-7-22(8-4-13)11-14-9-15-10-17-5-2-6-23(15)20-14/h9,12-13,17H,2-8,10-11H2,1H3. The molecule has 0 aromatic carbocycles.